The Morgan fingerprint density at radius 2 is 1.10 bits per heavy atom. The lowest BCUT2D eigenvalue weighted by molar-refractivity contribution is 1.10. The molecule has 0 fully saturated rings. The first-order chi connectivity index (χ1) is 9.75. The van der Waals surface area contributed by atoms with E-state index in [1.165, 1.54) is 50.3 Å². The van der Waals surface area contributed by atoms with E-state index >= 15 is 0 Å². The highest BCUT2D eigenvalue weighted by Crippen LogP contribution is 2.37. The fourth-order valence-electron chi connectivity index (χ4n) is 3.35. The molecule has 0 unspecified atom stereocenters. The third-order valence-electron chi connectivity index (χ3n) is 4.89. The first-order valence-electron chi connectivity index (χ1n) is 7.63. The maximum Gasteiger partial charge on any atom is 0.0470 e. The largest absolute Gasteiger partial charge is 0.344 e. The molecule has 0 radical (unpaired) electrons. The van der Waals surface area contributed by atoms with Crippen molar-refractivity contribution in [2.24, 2.45) is 0 Å². The Morgan fingerprint density at radius 3 is 1.71 bits per heavy atom. The molecule has 0 bridgehead atoms. The molecule has 2 aromatic rings. The molecular weight excluding hydrogens is 254 g/mol. The molecule has 1 nitrogen and oxygen atoms in total. The van der Waals surface area contributed by atoms with Crippen molar-refractivity contribution in [2.45, 2.75) is 48.5 Å². The van der Waals surface area contributed by atoms with Crippen molar-refractivity contribution in [1.82, 2.24) is 0 Å². The maximum atomic E-state index is 2.37. The standard InChI is InChI=1S/C20H27N/c1-12-9-10-13(2)19(17(12)6)21(8)20-15(4)11-14(3)16(5)18(20)7/h9-11H,1-8H3. The van der Waals surface area contributed by atoms with Gasteiger partial charge in [0.1, 0.15) is 0 Å². The summed E-state index contributed by atoms with van der Waals surface area (Å²) in [6, 6.07) is 6.73. The molecule has 1 heteroatoms. The minimum atomic E-state index is 1.33. The van der Waals surface area contributed by atoms with Crippen molar-refractivity contribution in [1.29, 1.82) is 0 Å². The molecule has 0 heterocycles. The third-order valence-corrected chi connectivity index (χ3v) is 4.89. The highest BCUT2D eigenvalue weighted by Gasteiger charge is 2.17. The van der Waals surface area contributed by atoms with E-state index in [9.17, 15) is 0 Å². The Hall–Kier alpha value is -1.76. The van der Waals surface area contributed by atoms with Gasteiger partial charge in [-0.2, -0.15) is 0 Å². The van der Waals surface area contributed by atoms with Gasteiger partial charge in [0.15, 0.2) is 0 Å². The molecule has 112 valence electrons. The van der Waals surface area contributed by atoms with Gasteiger partial charge in [-0.15, -0.1) is 0 Å². The highest BCUT2D eigenvalue weighted by atomic mass is 15.1. The zero-order valence-corrected chi connectivity index (χ0v) is 14.7. The second-order valence-corrected chi connectivity index (χ2v) is 6.34. The minimum absolute atomic E-state index is 1.33. The van der Waals surface area contributed by atoms with Gasteiger partial charge >= 0.3 is 0 Å². The van der Waals surface area contributed by atoms with Crippen LogP contribution in [0.15, 0.2) is 18.2 Å². The van der Waals surface area contributed by atoms with Crippen molar-refractivity contribution < 1.29 is 0 Å². The lowest BCUT2D eigenvalue weighted by Gasteiger charge is -2.29. The van der Waals surface area contributed by atoms with Crippen LogP contribution in [-0.4, -0.2) is 7.05 Å². The molecule has 0 aliphatic carbocycles. The zero-order valence-electron chi connectivity index (χ0n) is 14.7. The molecule has 0 saturated heterocycles. The van der Waals surface area contributed by atoms with Gasteiger partial charge in [-0.3, -0.25) is 0 Å². The van der Waals surface area contributed by atoms with Gasteiger partial charge < -0.3 is 4.90 Å². The van der Waals surface area contributed by atoms with E-state index in [-0.39, 0.29) is 0 Å². The van der Waals surface area contributed by atoms with Crippen LogP contribution in [0.5, 0.6) is 0 Å². The van der Waals surface area contributed by atoms with Crippen molar-refractivity contribution in [3.05, 3.63) is 57.1 Å². The summed E-state index contributed by atoms with van der Waals surface area (Å²) < 4.78 is 0. The van der Waals surface area contributed by atoms with Crippen molar-refractivity contribution in [3.63, 3.8) is 0 Å². The number of nitrogens with zero attached hydrogens (tertiary/aromatic N) is 1. The minimum Gasteiger partial charge on any atom is -0.344 e. The molecule has 0 N–H and O–H groups in total. The molecular formula is C20H27N. The maximum absolute atomic E-state index is 2.37. The highest BCUT2D eigenvalue weighted by molar-refractivity contribution is 5.75. The number of rotatable bonds is 2. The fourth-order valence-corrected chi connectivity index (χ4v) is 3.35. The Kier molecular flexibility index (Phi) is 4.13. The van der Waals surface area contributed by atoms with E-state index in [0.29, 0.717) is 0 Å². The summed E-state index contributed by atoms with van der Waals surface area (Å²) in [6.45, 7) is 15.5. The SMILES string of the molecule is Cc1cc(C)c(N(C)c2c(C)ccc(C)c2C)c(C)c1C. The van der Waals surface area contributed by atoms with Crippen LogP contribution in [0.3, 0.4) is 0 Å². The average Bonchev–Trinajstić information content (AvgIpc) is 2.41. The first-order valence-corrected chi connectivity index (χ1v) is 7.63. The van der Waals surface area contributed by atoms with Crippen molar-refractivity contribution >= 4 is 11.4 Å². The summed E-state index contributed by atoms with van der Waals surface area (Å²) in [7, 11) is 2.19. The van der Waals surface area contributed by atoms with Crippen LogP contribution in [0, 0.1) is 48.5 Å². The number of hydrogen-bond acceptors (Lipinski definition) is 1. The molecule has 0 aromatic heterocycles. The van der Waals surface area contributed by atoms with Crippen LogP contribution in [-0.2, 0) is 0 Å². The summed E-state index contributed by atoms with van der Waals surface area (Å²) in [6.07, 6.45) is 0. The first kappa shape index (κ1) is 15.6. The summed E-state index contributed by atoms with van der Waals surface area (Å²) >= 11 is 0. The van der Waals surface area contributed by atoms with E-state index in [4.69, 9.17) is 0 Å². The summed E-state index contributed by atoms with van der Waals surface area (Å²) in [5.74, 6) is 0. The van der Waals surface area contributed by atoms with Gasteiger partial charge in [0.25, 0.3) is 0 Å². The molecule has 0 saturated carbocycles. The molecule has 0 aliphatic rings. The van der Waals surface area contributed by atoms with Crippen LogP contribution in [0.4, 0.5) is 11.4 Å². The van der Waals surface area contributed by atoms with E-state index < -0.39 is 0 Å². The van der Waals surface area contributed by atoms with Crippen LogP contribution < -0.4 is 4.90 Å². The normalized spacial score (nSPS) is 10.9. The van der Waals surface area contributed by atoms with E-state index in [2.05, 4.69) is 78.6 Å². The summed E-state index contributed by atoms with van der Waals surface area (Å²) in [4.78, 5) is 2.37. The van der Waals surface area contributed by atoms with Gasteiger partial charge in [0, 0.05) is 18.4 Å². The molecule has 2 rings (SSSR count). The third kappa shape index (κ3) is 2.57. The van der Waals surface area contributed by atoms with Crippen LogP contribution in [0.1, 0.15) is 38.9 Å². The lowest BCUT2D eigenvalue weighted by Crippen LogP contribution is -2.16. The molecule has 0 spiro atoms. The molecule has 21 heavy (non-hydrogen) atoms. The van der Waals surface area contributed by atoms with E-state index in [0.717, 1.165) is 0 Å². The van der Waals surface area contributed by atoms with E-state index in [1.807, 2.05) is 0 Å². The monoisotopic (exact) mass is 281 g/mol. The Balaban J connectivity index is 2.69. The Labute approximate surface area is 129 Å². The van der Waals surface area contributed by atoms with Gasteiger partial charge in [-0.05, 0) is 87.4 Å². The predicted octanol–water partition coefficient (Wildman–Crippen LogP) is 5.61. The summed E-state index contributed by atoms with van der Waals surface area (Å²) in [5.41, 5.74) is 12.2. The second-order valence-electron chi connectivity index (χ2n) is 6.34. The van der Waals surface area contributed by atoms with Crippen LogP contribution in [0.2, 0.25) is 0 Å². The number of aryl methyl sites for hydroxylation is 4. The van der Waals surface area contributed by atoms with Gasteiger partial charge in [0.2, 0.25) is 0 Å². The quantitative estimate of drug-likeness (QED) is 0.691. The van der Waals surface area contributed by atoms with Gasteiger partial charge in [-0.25, -0.2) is 0 Å². The van der Waals surface area contributed by atoms with E-state index in [1.54, 1.807) is 0 Å². The van der Waals surface area contributed by atoms with Crippen LogP contribution in [0.25, 0.3) is 0 Å². The average molecular weight is 281 g/mol. The number of hydrogen-bond donors (Lipinski definition) is 0. The molecule has 0 atom stereocenters. The van der Waals surface area contributed by atoms with Gasteiger partial charge in [-0.1, -0.05) is 18.2 Å². The van der Waals surface area contributed by atoms with Crippen molar-refractivity contribution in [2.75, 3.05) is 11.9 Å². The second kappa shape index (κ2) is 5.55. The van der Waals surface area contributed by atoms with Crippen molar-refractivity contribution in [3.8, 4) is 0 Å². The smallest absolute Gasteiger partial charge is 0.0470 e. The zero-order chi connectivity index (χ0) is 15.9. The molecule has 0 aliphatic heterocycles. The van der Waals surface area contributed by atoms with Crippen LogP contribution >= 0.6 is 0 Å². The number of anilines is 2. The number of benzene rings is 2. The fraction of sp³-hybridized carbons (Fsp3) is 0.400. The predicted molar refractivity (Wildman–Crippen MR) is 94.1 cm³/mol. The Morgan fingerprint density at radius 1 is 0.571 bits per heavy atom. The Bertz CT molecular complexity index is 696. The summed E-state index contributed by atoms with van der Waals surface area (Å²) in [5, 5.41) is 0. The molecule has 0 amide bonds. The lowest BCUT2D eigenvalue weighted by atomic mass is 9.96. The molecule has 2 aromatic carbocycles. The van der Waals surface area contributed by atoms with Gasteiger partial charge in [0.05, 0.1) is 0 Å². The topological polar surface area (TPSA) is 3.24 Å².